The van der Waals surface area contributed by atoms with Gasteiger partial charge < -0.3 is 20.5 Å². The molecule has 9 heteroatoms. The van der Waals surface area contributed by atoms with Crippen molar-refractivity contribution in [3.05, 3.63) is 71.4 Å². The van der Waals surface area contributed by atoms with Crippen LogP contribution in [0, 0.1) is 5.92 Å². The summed E-state index contributed by atoms with van der Waals surface area (Å²) >= 11 is 0. The zero-order chi connectivity index (χ0) is 24.5. The standard InChI is InChI=1S/C26H26N4O5/c1-30-23(13-22(29-30)25(32)33)28-24(31)15-10-11-16(12-15)27-26(34)35-14-21-19-8-4-2-6-17(19)18-7-3-5-9-20(18)21/h2-9,13,15-16,21H,10-12,14H2,1H3,(H,27,34)(H,28,31)(H,32,33)/t15-,16+/m0/s1. The van der Waals surface area contributed by atoms with Gasteiger partial charge in [-0.15, -0.1) is 0 Å². The van der Waals surface area contributed by atoms with Crippen LogP contribution in [0.1, 0.15) is 46.8 Å². The normalized spacial score (nSPS) is 18.5. The number of fused-ring (bicyclic) bond motifs is 3. The number of amides is 2. The van der Waals surface area contributed by atoms with Crippen LogP contribution in [0.25, 0.3) is 11.1 Å². The van der Waals surface area contributed by atoms with Crippen LogP contribution in [0.4, 0.5) is 10.6 Å². The molecule has 0 unspecified atom stereocenters. The van der Waals surface area contributed by atoms with E-state index in [0.717, 1.165) is 11.1 Å². The third kappa shape index (κ3) is 4.49. The summed E-state index contributed by atoms with van der Waals surface area (Å²) in [6, 6.07) is 17.5. The zero-order valence-corrected chi connectivity index (χ0v) is 19.2. The van der Waals surface area contributed by atoms with Crippen molar-refractivity contribution in [2.45, 2.75) is 31.2 Å². The topological polar surface area (TPSA) is 123 Å². The SMILES string of the molecule is Cn1nc(C(=O)O)cc1NC(=O)[C@H]1CC[C@@H](NC(=O)OCC2c3ccccc3-c3ccccc32)C1. The van der Waals surface area contributed by atoms with Gasteiger partial charge in [0.1, 0.15) is 12.4 Å². The van der Waals surface area contributed by atoms with Crippen LogP contribution < -0.4 is 10.6 Å². The zero-order valence-electron chi connectivity index (χ0n) is 19.2. The van der Waals surface area contributed by atoms with Crippen LogP contribution in [0.15, 0.2) is 54.6 Å². The highest BCUT2D eigenvalue weighted by atomic mass is 16.5. The molecule has 180 valence electrons. The average molecular weight is 475 g/mol. The van der Waals surface area contributed by atoms with Gasteiger partial charge in [-0.25, -0.2) is 9.59 Å². The number of carbonyl (C=O) groups is 3. The fraction of sp³-hybridized carbons (Fsp3) is 0.308. The van der Waals surface area contributed by atoms with Crippen LogP contribution in [0.3, 0.4) is 0 Å². The van der Waals surface area contributed by atoms with Crippen molar-refractivity contribution >= 4 is 23.8 Å². The number of aryl methyl sites for hydroxylation is 1. The molecule has 3 N–H and O–H groups in total. The number of carbonyl (C=O) groups excluding carboxylic acids is 2. The number of alkyl carbamates (subject to hydrolysis) is 1. The summed E-state index contributed by atoms with van der Waals surface area (Å²) < 4.78 is 6.94. The van der Waals surface area contributed by atoms with Crippen LogP contribution in [0.2, 0.25) is 0 Å². The first kappa shape index (κ1) is 22.6. The molecule has 1 saturated carbocycles. The van der Waals surface area contributed by atoms with Crippen molar-refractivity contribution in [1.82, 2.24) is 15.1 Å². The summed E-state index contributed by atoms with van der Waals surface area (Å²) in [5.74, 6) is -1.36. The maximum atomic E-state index is 12.7. The molecule has 0 aliphatic heterocycles. The summed E-state index contributed by atoms with van der Waals surface area (Å²) in [6.45, 7) is 0.239. The predicted molar refractivity (Wildman–Crippen MR) is 128 cm³/mol. The first-order valence-electron chi connectivity index (χ1n) is 11.6. The number of ether oxygens (including phenoxy) is 1. The van der Waals surface area contributed by atoms with Crippen LogP contribution in [-0.4, -0.2) is 45.5 Å². The lowest BCUT2D eigenvalue weighted by Crippen LogP contribution is -2.35. The molecule has 2 aliphatic carbocycles. The number of hydrogen-bond acceptors (Lipinski definition) is 5. The number of anilines is 1. The number of nitrogens with one attached hydrogen (secondary N) is 2. The van der Waals surface area contributed by atoms with E-state index in [-0.39, 0.29) is 36.1 Å². The Morgan fingerprint density at radius 3 is 2.34 bits per heavy atom. The summed E-state index contributed by atoms with van der Waals surface area (Å²) in [4.78, 5) is 36.3. The van der Waals surface area contributed by atoms with Crippen molar-refractivity contribution < 1.29 is 24.2 Å². The molecule has 1 heterocycles. The Labute approximate surface area is 202 Å². The first-order chi connectivity index (χ1) is 16.9. The first-order valence-corrected chi connectivity index (χ1v) is 11.6. The Balaban J connectivity index is 1.14. The molecule has 2 aromatic carbocycles. The molecule has 5 rings (SSSR count). The lowest BCUT2D eigenvalue weighted by atomic mass is 9.98. The Hall–Kier alpha value is -4.14. The van der Waals surface area contributed by atoms with Crippen molar-refractivity contribution in [1.29, 1.82) is 0 Å². The molecule has 2 amide bonds. The smallest absolute Gasteiger partial charge is 0.407 e. The van der Waals surface area contributed by atoms with Gasteiger partial charge in [-0.2, -0.15) is 5.10 Å². The Morgan fingerprint density at radius 1 is 1.06 bits per heavy atom. The lowest BCUT2D eigenvalue weighted by molar-refractivity contribution is -0.119. The quantitative estimate of drug-likeness (QED) is 0.500. The van der Waals surface area contributed by atoms with Gasteiger partial charge in [-0.1, -0.05) is 48.5 Å². The van der Waals surface area contributed by atoms with E-state index in [1.165, 1.54) is 21.9 Å². The van der Waals surface area contributed by atoms with E-state index in [0.29, 0.717) is 25.1 Å². The number of aromatic nitrogens is 2. The predicted octanol–water partition coefficient (Wildman–Crippen LogP) is 3.76. The van der Waals surface area contributed by atoms with Crippen molar-refractivity contribution in [2.24, 2.45) is 13.0 Å². The van der Waals surface area contributed by atoms with E-state index in [4.69, 9.17) is 9.84 Å². The maximum absolute atomic E-state index is 12.7. The van der Waals surface area contributed by atoms with Gasteiger partial charge in [0.05, 0.1) is 0 Å². The molecular formula is C26H26N4O5. The van der Waals surface area contributed by atoms with E-state index in [9.17, 15) is 14.4 Å². The number of carboxylic acids is 1. The van der Waals surface area contributed by atoms with Gasteiger partial charge in [-0.05, 0) is 41.5 Å². The van der Waals surface area contributed by atoms with Crippen LogP contribution >= 0.6 is 0 Å². The minimum absolute atomic E-state index is 0.00940. The van der Waals surface area contributed by atoms with E-state index in [2.05, 4.69) is 40.0 Å². The second-order valence-corrected chi connectivity index (χ2v) is 9.01. The summed E-state index contributed by atoms with van der Waals surface area (Å²) in [5.41, 5.74) is 4.51. The summed E-state index contributed by atoms with van der Waals surface area (Å²) in [5, 5.41) is 18.5. The third-order valence-electron chi connectivity index (χ3n) is 6.82. The number of aromatic carboxylic acids is 1. The Kier molecular flexibility index (Phi) is 5.98. The summed E-state index contributed by atoms with van der Waals surface area (Å²) in [7, 11) is 1.57. The van der Waals surface area contributed by atoms with Gasteiger partial charge in [0.15, 0.2) is 5.69 Å². The van der Waals surface area contributed by atoms with E-state index < -0.39 is 12.1 Å². The molecule has 1 fully saturated rings. The highest BCUT2D eigenvalue weighted by Gasteiger charge is 2.33. The number of carboxylic acid groups (broad SMARTS) is 1. The number of hydrogen-bond donors (Lipinski definition) is 3. The second kappa shape index (κ2) is 9.25. The van der Waals surface area contributed by atoms with Crippen LogP contribution in [0.5, 0.6) is 0 Å². The third-order valence-corrected chi connectivity index (χ3v) is 6.82. The van der Waals surface area contributed by atoms with Crippen molar-refractivity contribution in [3.8, 4) is 11.1 Å². The van der Waals surface area contributed by atoms with E-state index in [1.807, 2.05) is 24.3 Å². The molecule has 2 atom stereocenters. The molecule has 0 spiro atoms. The Bertz CT molecular complexity index is 1250. The van der Waals surface area contributed by atoms with E-state index in [1.54, 1.807) is 7.05 Å². The molecule has 35 heavy (non-hydrogen) atoms. The van der Waals surface area contributed by atoms with Crippen molar-refractivity contribution in [3.63, 3.8) is 0 Å². The van der Waals surface area contributed by atoms with Gasteiger partial charge in [0, 0.05) is 31.0 Å². The fourth-order valence-corrected chi connectivity index (χ4v) is 5.07. The molecule has 1 aromatic heterocycles. The highest BCUT2D eigenvalue weighted by Crippen LogP contribution is 2.44. The molecule has 0 bridgehead atoms. The molecular weight excluding hydrogens is 448 g/mol. The minimum Gasteiger partial charge on any atom is -0.476 e. The molecule has 0 saturated heterocycles. The molecule has 2 aliphatic rings. The lowest BCUT2D eigenvalue weighted by Gasteiger charge is -2.17. The Morgan fingerprint density at radius 2 is 1.71 bits per heavy atom. The number of rotatable bonds is 6. The minimum atomic E-state index is -1.16. The monoisotopic (exact) mass is 474 g/mol. The second-order valence-electron chi connectivity index (χ2n) is 9.01. The molecule has 0 radical (unpaired) electrons. The number of benzene rings is 2. The number of nitrogens with zero attached hydrogens (tertiary/aromatic N) is 2. The maximum Gasteiger partial charge on any atom is 0.407 e. The fourth-order valence-electron chi connectivity index (χ4n) is 5.07. The van der Waals surface area contributed by atoms with Gasteiger partial charge in [0.2, 0.25) is 5.91 Å². The average Bonchev–Trinajstić information content (AvgIpc) is 3.54. The molecule has 9 nitrogen and oxygen atoms in total. The largest absolute Gasteiger partial charge is 0.476 e. The summed E-state index contributed by atoms with van der Waals surface area (Å²) in [6.07, 6.45) is 1.27. The van der Waals surface area contributed by atoms with Gasteiger partial charge in [0.25, 0.3) is 0 Å². The van der Waals surface area contributed by atoms with Crippen molar-refractivity contribution in [2.75, 3.05) is 11.9 Å². The van der Waals surface area contributed by atoms with Crippen LogP contribution in [-0.2, 0) is 16.6 Å². The van der Waals surface area contributed by atoms with E-state index >= 15 is 0 Å². The van der Waals surface area contributed by atoms with Gasteiger partial charge in [-0.3, -0.25) is 9.48 Å². The molecule has 3 aromatic rings. The highest BCUT2D eigenvalue weighted by molar-refractivity contribution is 5.94. The van der Waals surface area contributed by atoms with Gasteiger partial charge >= 0.3 is 12.1 Å².